The first-order valence-electron chi connectivity index (χ1n) is 7.00. The fourth-order valence-electron chi connectivity index (χ4n) is 2.08. The van der Waals surface area contributed by atoms with Crippen LogP contribution in [0.4, 0.5) is 11.4 Å². The first-order chi connectivity index (χ1) is 11.3. The lowest BCUT2D eigenvalue weighted by Crippen LogP contribution is -2.18. The van der Waals surface area contributed by atoms with Crippen LogP contribution in [-0.4, -0.2) is 28.0 Å². The second kappa shape index (κ2) is 7.65. The van der Waals surface area contributed by atoms with E-state index in [1.54, 1.807) is 37.3 Å². The van der Waals surface area contributed by atoms with Gasteiger partial charge >= 0.3 is 0 Å². The van der Waals surface area contributed by atoms with Crippen molar-refractivity contribution in [3.8, 4) is 0 Å². The van der Waals surface area contributed by atoms with E-state index < -0.39 is 10.0 Å². The molecular formula is C16H17ClN2O4S. The van der Waals surface area contributed by atoms with Gasteiger partial charge < -0.3 is 10.1 Å². The van der Waals surface area contributed by atoms with Crippen molar-refractivity contribution >= 4 is 38.9 Å². The van der Waals surface area contributed by atoms with Crippen molar-refractivity contribution in [1.29, 1.82) is 0 Å². The van der Waals surface area contributed by atoms with Crippen LogP contribution in [0.5, 0.6) is 0 Å². The first-order valence-corrected chi connectivity index (χ1v) is 8.86. The first kappa shape index (κ1) is 18.3. The van der Waals surface area contributed by atoms with Crippen LogP contribution in [0.3, 0.4) is 0 Å². The van der Waals surface area contributed by atoms with E-state index >= 15 is 0 Å². The van der Waals surface area contributed by atoms with Crippen LogP contribution in [0.2, 0.25) is 5.02 Å². The number of anilines is 2. The molecule has 0 saturated carbocycles. The highest BCUT2D eigenvalue weighted by Gasteiger charge is 2.18. The monoisotopic (exact) mass is 368 g/mol. The fraction of sp³-hybridized carbons (Fsp3) is 0.188. The fourth-order valence-corrected chi connectivity index (χ4v) is 3.63. The Labute approximate surface area is 145 Å². The smallest absolute Gasteiger partial charge is 0.262 e. The van der Waals surface area contributed by atoms with E-state index in [4.69, 9.17) is 16.3 Å². The highest BCUT2D eigenvalue weighted by atomic mass is 35.5. The summed E-state index contributed by atoms with van der Waals surface area (Å²) in [5, 5.41) is 2.98. The molecule has 0 atom stereocenters. The van der Waals surface area contributed by atoms with Crippen LogP contribution in [-0.2, 0) is 19.6 Å². The van der Waals surface area contributed by atoms with Crippen molar-refractivity contribution in [3.05, 3.63) is 53.1 Å². The number of methoxy groups -OCH3 is 1. The van der Waals surface area contributed by atoms with Crippen LogP contribution >= 0.6 is 11.6 Å². The van der Waals surface area contributed by atoms with Gasteiger partial charge in [-0.2, -0.15) is 0 Å². The van der Waals surface area contributed by atoms with Gasteiger partial charge in [0, 0.05) is 17.8 Å². The molecule has 0 heterocycles. The number of benzene rings is 2. The Bertz CT molecular complexity index is 853. The summed E-state index contributed by atoms with van der Waals surface area (Å²) in [7, 11) is -2.38. The lowest BCUT2D eigenvalue weighted by molar-refractivity contribution is -0.119. The predicted octanol–water partition coefficient (Wildman–Crippen LogP) is 3.03. The third kappa shape index (κ3) is 4.47. The van der Waals surface area contributed by atoms with Crippen LogP contribution in [0.15, 0.2) is 47.4 Å². The standard InChI is InChI=1S/C16H17ClN2O4S/c1-11-14(17)7-4-8-15(11)24(21,22)19-13-6-3-5-12(9-13)18-16(20)10-23-2/h3-9,19H,10H2,1-2H3,(H,18,20). The topological polar surface area (TPSA) is 84.5 Å². The molecule has 0 aliphatic heterocycles. The van der Waals surface area contributed by atoms with E-state index in [0.29, 0.717) is 22.0 Å². The number of halogens is 1. The van der Waals surface area contributed by atoms with Crippen molar-refractivity contribution in [2.24, 2.45) is 0 Å². The molecule has 0 aromatic heterocycles. The van der Waals surface area contributed by atoms with Crippen molar-refractivity contribution < 1.29 is 17.9 Å². The number of sulfonamides is 1. The number of hydrogen-bond acceptors (Lipinski definition) is 4. The van der Waals surface area contributed by atoms with Gasteiger partial charge in [0.15, 0.2) is 0 Å². The molecule has 2 aromatic carbocycles. The Morgan fingerprint density at radius 3 is 2.54 bits per heavy atom. The molecule has 2 rings (SSSR count). The van der Waals surface area contributed by atoms with Crippen molar-refractivity contribution in [2.75, 3.05) is 23.8 Å². The quantitative estimate of drug-likeness (QED) is 0.820. The highest BCUT2D eigenvalue weighted by molar-refractivity contribution is 7.92. The molecule has 1 amide bonds. The van der Waals surface area contributed by atoms with Gasteiger partial charge in [-0.25, -0.2) is 8.42 Å². The Hall–Kier alpha value is -2.09. The van der Waals surface area contributed by atoms with Gasteiger partial charge in [-0.1, -0.05) is 23.7 Å². The summed E-state index contributed by atoms with van der Waals surface area (Å²) in [4.78, 5) is 11.6. The average Bonchev–Trinajstić information content (AvgIpc) is 2.50. The van der Waals surface area contributed by atoms with Crippen LogP contribution in [0, 0.1) is 6.92 Å². The number of hydrogen-bond donors (Lipinski definition) is 2. The van der Waals surface area contributed by atoms with Gasteiger partial charge in [0.05, 0.1) is 10.6 Å². The van der Waals surface area contributed by atoms with E-state index in [1.165, 1.54) is 19.2 Å². The number of nitrogens with one attached hydrogen (secondary N) is 2. The summed E-state index contributed by atoms with van der Waals surface area (Å²) in [6.07, 6.45) is 0. The number of ether oxygens (including phenoxy) is 1. The number of carbonyl (C=O) groups is 1. The molecule has 8 heteroatoms. The SMILES string of the molecule is COCC(=O)Nc1cccc(NS(=O)(=O)c2cccc(Cl)c2C)c1. The Morgan fingerprint density at radius 2 is 1.83 bits per heavy atom. The molecule has 0 aliphatic carbocycles. The molecule has 6 nitrogen and oxygen atoms in total. The summed E-state index contributed by atoms with van der Waals surface area (Å²) < 4.78 is 32.3. The minimum Gasteiger partial charge on any atom is -0.375 e. The second-order valence-corrected chi connectivity index (χ2v) is 7.09. The van der Waals surface area contributed by atoms with Gasteiger partial charge in [0.25, 0.3) is 10.0 Å². The lowest BCUT2D eigenvalue weighted by Gasteiger charge is -2.12. The minimum atomic E-state index is -3.79. The van der Waals surface area contributed by atoms with Gasteiger partial charge in [-0.3, -0.25) is 9.52 Å². The Kier molecular flexibility index (Phi) is 5.82. The zero-order valence-corrected chi connectivity index (χ0v) is 14.7. The van der Waals surface area contributed by atoms with E-state index in [1.807, 2.05) is 0 Å². The van der Waals surface area contributed by atoms with Crippen molar-refractivity contribution in [1.82, 2.24) is 0 Å². The molecule has 0 spiro atoms. The maximum Gasteiger partial charge on any atom is 0.262 e. The lowest BCUT2D eigenvalue weighted by atomic mass is 10.2. The molecule has 0 bridgehead atoms. The zero-order chi connectivity index (χ0) is 17.7. The van der Waals surface area contributed by atoms with Crippen molar-refractivity contribution in [2.45, 2.75) is 11.8 Å². The highest BCUT2D eigenvalue weighted by Crippen LogP contribution is 2.25. The summed E-state index contributed by atoms with van der Waals surface area (Å²) in [6, 6.07) is 11.1. The third-order valence-corrected chi connectivity index (χ3v) is 5.12. The number of carbonyl (C=O) groups excluding carboxylic acids is 1. The van der Waals surface area contributed by atoms with Crippen LogP contribution in [0.25, 0.3) is 0 Å². The molecule has 2 N–H and O–H groups in total. The number of amides is 1. The molecule has 128 valence electrons. The van der Waals surface area contributed by atoms with E-state index in [-0.39, 0.29) is 17.4 Å². The second-order valence-electron chi connectivity index (χ2n) is 5.03. The van der Waals surface area contributed by atoms with Crippen LogP contribution in [0.1, 0.15) is 5.56 Å². The van der Waals surface area contributed by atoms with Gasteiger partial charge in [-0.05, 0) is 42.8 Å². The molecule has 0 saturated heterocycles. The van der Waals surface area contributed by atoms with Crippen molar-refractivity contribution in [3.63, 3.8) is 0 Å². The molecular weight excluding hydrogens is 352 g/mol. The summed E-state index contributed by atoms with van der Waals surface area (Å²) in [5.74, 6) is -0.330. The number of rotatable bonds is 6. The van der Waals surface area contributed by atoms with Gasteiger partial charge in [0.2, 0.25) is 5.91 Å². The molecule has 0 radical (unpaired) electrons. The van der Waals surface area contributed by atoms with Crippen LogP contribution < -0.4 is 10.0 Å². The molecule has 0 fully saturated rings. The third-order valence-electron chi connectivity index (χ3n) is 3.18. The zero-order valence-electron chi connectivity index (χ0n) is 13.2. The summed E-state index contributed by atoms with van der Waals surface area (Å²) in [6.45, 7) is 1.55. The Balaban J connectivity index is 2.24. The average molecular weight is 369 g/mol. The van der Waals surface area contributed by atoms with Gasteiger partial charge in [-0.15, -0.1) is 0 Å². The summed E-state index contributed by atoms with van der Waals surface area (Å²) in [5.41, 5.74) is 1.25. The molecule has 24 heavy (non-hydrogen) atoms. The Morgan fingerprint density at radius 1 is 1.17 bits per heavy atom. The maximum absolute atomic E-state index is 12.5. The maximum atomic E-state index is 12.5. The largest absolute Gasteiger partial charge is 0.375 e. The molecule has 2 aromatic rings. The molecule has 0 unspecified atom stereocenters. The minimum absolute atomic E-state index is 0.0857. The van der Waals surface area contributed by atoms with E-state index in [0.717, 1.165) is 0 Å². The van der Waals surface area contributed by atoms with Gasteiger partial charge in [0.1, 0.15) is 6.61 Å². The van der Waals surface area contributed by atoms with E-state index in [9.17, 15) is 13.2 Å². The predicted molar refractivity (Wildman–Crippen MR) is 93.9 cm³/mol. The van der Waals surface area contributed by atoms with E-state index in [2.05, 4.69) is 10.0 Å². The molecule has 0 aliphatic rings. The normalized spacial score (nSPS) is 11.1. The summed E-state index contributed by atoms with van der Waals surface area (Å²) >= 11 is 5.98.